The standard InChI is InChI=1S/C14H9Cl3N2O4/c1-23-13-10(16)4-7(5-11(13)17)14(20)18-12-6-8(19(21)22)2-3-9(12)15/h2-6H,1H3,(H,18,20). The van der Waals surface area contributed by atoms with Crippen LogP contribution in [0, 0.1) is 10.1 Å². The molecule has 0 unspecified atom stereocenters. The molecule has 0 radical (unpaired) electrons. The minimum absolute atomic E-state index is 0.105. The van der Waals surface area contributed by atoms with Gasteiger partial charge in [-0.2, -0.15) is 0 Å². The lowest BCUT2D eigenvalue weighted by Gasteiger charge is -2.10. The summed E-state index contributed by atoms with van der Waals surface area (Å²) >= 11 is 17.9. The molecule has 0 aliphatic rings. The average Bonchev–Trinajstić information content (AvgIpc) is 2.48. The number of nitrogens with zero attached hydrogens (tertiary/aromatic N) is 1. The van der Waals surface area contributed by atoms with Crippen molar-refractivity contribution in [3.63, 3.8) is 0 Å². The Morgan fingerprint density at radius 3 is 2.26 bits per heavy atom. The van der Waals surface area contributed by atoms with Gasteiger partial charge in [-0.3, -0.25) is 14.9 Å². The van der Waals surface area contributed by atoms with Gasteiger partial charge >= 0.3 is 0 Å². The number of non-ortho nitro benzene ring substituents is 1. The maximum absolute atomic E-state index is 12.3. The first-order chi connectivity index (χ1) is 10.8. The summed E-state index contributed by atoms with van der Waals surface area (Å²) in [5.74, 6) is -0.322. The third kappa shape index (κ3) is 3.85. The molecule has 0 atom stereocenters. The van der Waals surface area contributed by atoms with E-state index >= 15 is 0 Å². The smallest absolute Gasteiger partial charge is 0.271 e. The number of nitrogens with one attached hydrogen (secondary N) is 1. The second kappa shape index (κ2) is 7.04. The van der Waals surface area contributed by atoms with Crippen LogP contribution in [-0.4, -0.2) is 17.9 Å². The Labute approximate surface area is 146 Å². The summed E-state index contributed by atoms with van der Waals surface area (Å²) < 4.78 is 5.00. The third-order valence-corrected chi connectivity index (χ3v) is 3.76. The van der Waals surface area contributed by atoms with Gasteiger partial charge in [0.05, 0.1) is 32.8 Å². The van der Waals surface area contributed by atoms with Gasteiger partial charge in [0.15, 0.2) is 5.75 Å². The zero-order valence-electron chi connectivity index (χ0n) is 11.6. The predicted octanol–water partition coefficient (Wildman–Crippen LogP) is 4.82. The van der Waals surface area contributed by atoms with Gasteiger partial charge in [0.1, 0.15) is 0 Å². The van der Waals surface area contributed by atoms with Crippen molar-refractivity contribution in [2.24, 2.45) is 0 Å². The number of halogens is 3. The zero-order valence-corrected chi connectivity index (χ0v) is 13.9. The van der Waals surface area contributed by atoms with E-state index in [1.165, 1.54) is 31.4 Å². The number of benzene rings is 2. The number of rotatable bonds is 4. The second-order valence-corrected chi connectivity index (χ2v) is 5.57. The monoisotopic (exact) mass is 374 g/mol. The normalized spacial score (nSPS) is 10.3. The molecule has 1 amide bonds. The van der Waals surface area contributed by atoms with Gasteiger partial charge < -0.3 is 10.1 Å². The Bertz CT molecular complexity index is 773. The molecule has 0 aromatic heterocycles. The molecule has 0 heterocycles. The van der Waals surface area contributed by atoms with Crippen LogP contribution in [0.25, 0.3) is 0 Å². The van der Waals surface area contributed by atoms with Crippen LogP contribution in [0.2, 0.25) is 15.1 Å². The summed E-state index contributed by atoms with van der Waals surface area (Å²) in [5.41, 5.74) is 0.0628. The van der Waals surface area contributed by atoms with Crippen molar-refractivity contribution < 1.29 is 14.5 Å². The summed E-state index contributed by atoms with van der Waals surface area (Å²) in [5, 5.41) is 13.7. The van der Waals surface area contributed by atoms with E-state index in [-0.39, 0.29) is 37.8 Å². The molecule has 0 fully saturated rings. The molecule has 0 bridgehead atoms. The van der Waals surface area contributed by atoms with Crippen molar-refractivity contribution in [1.82, 2.24) is 0 Å². The van der Waals surface area contributed by atoms with Crippen molar-refractivity contribution in [2.75, 3.05) is 12.4 Å². The lowest BCUT2D eigenvalue weighted by atomic mass is 10.2. The van der Waals surface area contributed by atoms with Gasteiger partial charge in [-0.1, -0.05) is 34.8 Å². The zero-order chi connectivity index (χ0) is 17.1. The maximum atomic E-state index is 12.3. The summed E-state index contributed by atoms with van der Waals surface area (Å²) in [6.45, 7) is 0. The summed E-state index contributed by atoms with van der Waals surface area (Å²) in [4.78, 5) is 22.4. The fraction of sp³-hybridized carbons (Fsp3) is 0.0714. The van der Waals surface area contributed by atoms with Crippen LogP contribution in [0.5, 0.6) is 5.75 Å². The number of nitro benzene ring substituents is 1. The van der Waals surface area contributed by atoms with Crippen LogP contribution in [0.3, 0.4) is 0 Å². The average molecular weight is 376 g/mol. The van der Waals surface area contributed by atoms with Gasteiger partial charge in [0.2, 0.25) is 0 Å². The molecule has 0 spiro atoms. The highest BCUT2D eigenvalue weighted by Crippen LogP contribution is 2.34. The number of amides is 1. The first kappa shape index (κ1) is 17.3. The van der Waals surface area contributed by atoms with Crippen molar-refractivity contribution in [2.45, 2.75) is 0 Å². The van der Waals surface area contributed by atoms with E-state index < -0.39 is 10.8 Å². The van der Waals surface area contributed by atoms with E-state index in [2.05, 4.69) is 5.32 Å². The molecule has 2 aromatic carbocycles. The first-order valence-electron chi connectivity index (χ1n) is 6.11. The Kier molecular flexibility index (Phi) is 5.30. The Hall–Kier alpha value is -2.02. The number of nitro groups is 1. The van der Waals surface area contributed by atoms with Crippen molar-refractivity contribution in [3.05, 3.63) is 61.1 Å². The van der Waals surface area contributed by atoms with E-state index in [1.807, 2.05) is 0 Å². The Balaban J connectivity index is 2.33. The van der Waals surface area contributed by atoms with Crippen LogP contribution in [0.15, 0.2) is 30.3 Å². The molecule has 23 heavy (non-hydrogen) atoms. The number of hydrogen-bond donors (Lipinski definition) is 1. The second-order valence-electron chi connectivity index (χ2n) is 4.35. The van der Waals surface area contributed by atoms with Gasteiger partial charge in [-0.25, -0.2) is 0 Å². The van der Waals surface area contributed by atoms with Crippen molar-refractivity contribution in [3.8, 4) is 5.75 Å². The van der Waals surface area contributed by atoms with Gasteiger partial charge in [-0.15, -0.1) is 0 Å². The molecule has 1 N–H and O–H groups in total. The quantitative estimate of drug-likeness (QED) is 0.614. The fourth-order valence-corrected chi connectivity index (χ4v) is 2.61. The van der Waals surface area contributed by atoms with E-state index in [0.29, 0.717) is 0 Å². The number of carbonyl (C=O) groups excluding carboxylic acids is 1. The summed E-state index contributed by atoms with van der Waals surface area (Å²) in [6, 6.07) is 6.45. The number of hydrogen-bond acceptors (Lipinski definition) is 4. The number of carbonyl (C=O) groups is 1. The largest absolute Gasteiger partial charge is 0.494 e. The molecular formula is C14H9Cl3N2O4. The van der Waals surface area contributed by atoms with E-state index in [0.717, 1.165) is 6.07 Å². The number of ether oxygens (including phenoxy) is 1. The lowest BCUT2D eigenvalue weighted by molar-refractivity contribution is -0.384. The molecule has 9 heteroatoms. The van der Waals surface area contributed by atoms with Crippen LogP contribution in [0.4, 0.5) is 11.4 Å². The number of methoxy groups -OCH3 is 1. The Morgan fingerprint density at radius 2 is 1.74 bits per heavy atom. The lowest BCUT2D eigenvalue weighted by Crippen LogP contribution is -2.12. The molecule has 2 aromatic rings. The molecule has 6 nitrogen and oxygen atoms in total. The van der Waals surface area contributed by atoms with Crippen LogP contribution in [-0.2, 0) is 0 Å². The predicted molar refractivity (Wildman–Crippen MR) is 89.1 cm³/mol. The fourth-order valence-electron chi connectivity index (χ4n) is 1.80. The summed E-state index contributed by atoms with van der Waals surface area (Å²) in [6.07, 6.45) is 0. The molecule has 2 rings (SSSR count). The number of anilines is 1. The van der Waals surface area contributed by atoms with E-state index in [1.54, 1.807) is 0 Å². The van der Waals surface area contributed by atoms with Gasteiger partial charge in [0.25, 0.3) is 11.6 Å². The van der Waals surface area contributed by atoms with Crippen LogP contribution >= 0.6 is 34.8 Å². The SMILES string of the molecule is COc1c(Cl)cc(C(=O)Nc2cc([N+](=O)[O-])ccc2Cl)cc1Cl. The maximum Gasteiger partial charge on any atom is 0.271 e. The minimum Gasteiger partial charge on any atom is -0.494 e. The van der Waals surface area contributed by atoms with Gasteiger partial charge in [0, 0.05) is 17.7 Å². The molecule has 120 valence electrons. The van der Waals surface area contributed by atoms with E-state index in [4.69, 9.17) is 39.5 Å². The van der Waals surface area contributed by atoms with Gasteiger partial charge in [-0.05, 0) is 18.2 Å². The minimum atomic E-state index is -0.590. The highest BCUT2D eigenvalue weighted by Gasteiger charge is 2.16. The molecular weight excluding hydrogens is 367 g/mol. The molecule has 0 aliphatic heterocycles. The topological polar surface area (TPSA) is 81.5 Å². The molecule has 0 saturated heterocycles. The highest BCUT2D eigenvalue weighted by atomic mass is 35.5. The summed E-state index contributed by atoms with van der Waals surface area (Å²) in [7, 11) is 1.40. The molecule has 0 saturated carbocycles. The first-order valence-corrected chi connectivity index (χ1v) is 7.25. The van der Waals surface area contributed by atoms with Crippen molar-refractivity contribution in [1.29, 1.82) is 0 Å². The van der Waals surface area contributed by atoms with E-state index in [9.17, 15) is 14.9 Å². The van der Waals surface area contributed by atoms with Crippen LogP contribution in [0.1, 0.15) is 10.4 Å². The van der Waals surface area contributed by atoms with Crippen LogP contribution < -0.4 is 10.1 Å². The highest BCUT2D eigenvalue weighted by molar-refractivity contribution is 6.38. The third-order valence-electron chi connectivity index (χ3n) is 2.87. The Morgan fingerprint density at radius 1 is 1.13 bits per heavy atom. The van der Waals surface area contributed by atoms with Crippen molar-refractivity contribution >= 4 is 52.1 Å². The molecule has 0 aliphatic carbocycles.